The summed E-state index contributed by atoms with van der Waals surface area (Å²) in [6.07, 6.45) is 8.11. The minimum atomic E-state index is -0.582. The van der Waals surface area contributed by atoms with Crippen LogP contribution in [0.3, 0.4) is 0 Å². The molecule has 2 aliphatic heterocycles. The number of ether oxygens (including phenoxy) is 1. The maximum Gasteiger partial charge on any atom is 0.231 e. The van der Waals surface area contributed by atoms with E-state index in [9.17, 15) is 9.59 Å². The van der Waals surface area contributed by atoms with E-state index < -0.39 is 5.41 Å². The molecule has 1 aromatic carbocycles. The summed E-state index contributed by atoms with van der Waals surface area (Å²) in [5.74, 6) is 0.727. The summed E-state index contributed by atoms with van der Waals surface area (Å²) in [4.78, 5) is 27.2. The first-order chi connectivity index (χ1) is 15.1. The minimum Gasteiger partial charge on any atom is -0.370 e. The summed E-state index contributed by atoms with van der Waals surface area (Å²) in [5.41, 5.74) is 1.93. The van der Waals surface area contributed by atoms with Gasteiger partial charge in [-0.25, -0.2) is 0 Å². The predicted molar refractivity (Wildman–Crippen MR) is 126 cm³/mol. The van der Waals surface area contributed by atoms with Gasteiger partial charge in [-0.2, -0.15) is 0 Å². The Kier molecular flexibility index (Phi) is 4.98. The van der Waals surface area contributed by atoms with Crippen molar-refractivity contribution in [1.82, 2.24) is 0 Å². The summed E-state index contributed by atoms with van der Waals surface area (Å²) >= 11 is 0. The highest BCUT2D eigenvalue weighted by Crippen LogP contribution is 2.69. The molecule has 1 N–H and O–H groups in total. The molecule has 32 heavy (non-hydrogen) atoms. The number of allylic oxidation sites excluding steroid dienone is 1. The van der Waals surface area contributed by atoms with Crippen LogP contribution in [0.4, 0.5) is 5.69 Å². The quantitative estimate of drug-likeness (QED) is 0.536. The van der Waals surface area contributed by atoms with Crippen molar-refractivity contribution in [3.8, 4) is 0 Å². The third kappa shape index (κ3) is 2.91. The Bertz CT molecular complexity index is 994. The molecule has 0 spiro atoms. The number of carbonyl (C=O) groups excluding carboxylic acids is 2. The molecule has 3 fully saturated rings. The zero-order valence-electron chi connectivity index (χ0n) is 20.2. The summed E-state index contributed by atoms with van der Waals surface area (Å²) in [6.45, 7) is 11.2. The van der Waals surface area contributed by atoms with Gasteiger partial charge in [0.15, 0.2) is 5.78 Å². The lowest BCUT2D eigenvalue weighted by atomic mass is 9.39. The average molecular weight is 436 g/mol. The highest BCUT2D eigenvalue weighted by Gasteiger charge is 2.68. The maximum atomic E-state index is 14.0. The van der Waals surface area contributed by atoms with E-state index in [4.69, 9.17) is 4.74 Å². The normalized spacial score (nSPS) is 43.0. The molecular formula is C28H37NO3. The Labute approximate surface area is 192 Å². The number of nitrogens with one attached hydrogen (secondary N) is 1. The van der Waals surface area contributed by atoms with Gasteiger partial charge in [-0.05, 0) is 87.7 Å². The lowest BCUT2D eigenvalue weighted by molar-refractivity contribution is -0.184. The number of hydrogen-bond donors (Lipinski definition) is 1. The number of ketones is 1. The Morgan fingerprint density at radius 2 is 1.84 bits per heavy atom. The number of Topliss-reactive ketones (excluding diaryl/α,β-unsaturated/α-hetero) is 1. The van der Waals surface area contributed by atoms with Crippen molar-refractivity contribution in [3.63, 3.8) is 0 Å². The fraction of sp³-hybridized carbons (Fsp3) is 0.643. The monoisotopic (exact) mass is 435 g/mol. The molecule has 7 atom stereocenters. The van der Waals surface area contributed by atoms with E-state index in [0.717, 1.165) is 32.1 Å². The smallest absolute Gasteiger partial charge is 0.231 e. The Balaban J connectivity index is 1.55. The van der Waals surface area contributed by atoms with E-state index in [1.807, 2.05) is 24.3 Å². The van der Waals surface area contributed by atoms with Crippen molar-refractivity contribution in [2.45, 2.75) is 85.4 Å². The van der Waals surface area contributed by atoms with Crippen LogP contribution < -0.4 is 5.32 Å². The van der Waals surface area contributed by atoms with Crippen LogP contribution in [-0.4, -0.2) is 23.9 Å². The lowest BCUT2D eigenvalue weighted by Gasteiger charge is -2.64. The summed E-state index contributed by atoms with van der Waals surface area (Å²) in [5, 5.41) is 3.20. The van der Waals surface area contributed by atoms with Crippen LogP contribution in [-0.2, 0) is 9.53 Å². The molecule has 0 unspecified atom stereocenters. The van der Waals surface area contributed by atoms with E-state index in [1.54, 1.807) is 0 Å². The molecule has 2 heterocycles. The van der Waals surface area contributed by atoms with Gasteiger partial charge in [-0.1, -0.05) is 37.6 Å². The van der Waals surface area contributed by atoms with Crippen molar-refractivity contribution in [3.05, 3.63) is 41.5 Å². The first-order valence-corrected chi connectivity index (χ1v) is 12.3. The molecule has 172 valence electrons. The zero-order valence-corrected chi connectivity index (χ0v) is 20.2. The number of carbonyl (C=O) groups is 2. The Morgan fingerprint density at radius 1 is 1.09 bits per heavy atom. The van der Waals surface area contributed by atoms with Crippen molar-refractivity contribution >= 4 is 17.4 Å². The van der Waals surface area contributed by atoms with Gasteiger partial charge in [0.1, 0.15) is 0 Å². The summed E-state index contributed by atoms with van der Waals surface area (Å²) in [6, 6.07) is 7.49. The lowest BCUT2D eigenvalue weighted by Crippen LogP contribution is -2.64. The Hall–Kier alpha value is -1.94. The van der Waals surface area contributed by atoms with Crippen LogP contribution in [0, 0.1) is 28.1 Å². The van der Waals surface area contributed by atoms with Gasteiger partial charge < -0.3 is 10.1 Å². The van der Waals surface area contributed by atoms with Gasteiger partial charge in [0.2, 0.25) is 5.91 Å². The van der Waals surface area contributed by atoms with Crippen LogP contribution in [0.2, 0.25) is 0 Å². The molecule has 1 saturated heterocycles. The van der Waals surface area contributed by atoms with E-state index in [2.05, 4.69) is 46.0 Å². The molecule has 0 radical (unpaired) electrons. The molecule has 0 bridgehead atoms. The average Bonchev–Trinajstić information content (AvgIpc) is 3.05. The molecule has 4 nitrogen and oxygen atoms in total. The van der Waals surface area contributed by atoms with Gasteiger partial charge >= 0.3 is 0 Å². The topological polar surface area (TPSA) is 55.4 Å². The van der Waals surface area contributed by atoms with Crippen LogP contribution in [0.5, 0.6) is 0 Å². The summed E-state index contributed by atoms with van der Waals surface area (Å²) in [7, 11) is 0. The van der Waals surface area contributed by atoms with E-state index in [0.29, 0.717) is 23.6 Å². The van der Waals surface area contributed by atoms with Crippen LogP contribution in [0.25, 0.3) is 0 Å². The van der Waals surface area contributed by atoms with Gasteiger partial charge in [0.25, 0.3) is 0 Å². The third-order valence-corrected chi connectivity index (χ3v) is 9.91. The number of hydrogen-bond acceptors (Lipinski definition) is 3. The van der Waals surface area contributed by atoms with Crippen LogP contribution in [0.1, 0.15) is 83.5 Å². The van der Waals surface area contributed by atoms with E-state index >= 15 is 0 Å². The van der Waals surface area contributed by atoms with E-state index in [-0.39, 0.29) is 40.6 Å². The second-order valence-corrected chi connectivity index (χ2v) is 11.7. The van der Waals surface area contributed by atoms with Crippen molar-refractivity contribution in [2.75, 3.05) is 5.32 Å². The zero-order chi connectivity index (χ0) is 22.9. The molecule has 1 aromatic rings. The minimum absolute atomic E-state index is 0.0577. The first-order valence-electron chi connectivity index (χ1n) is 12.3. The third-order valence-electron chi connectivity index (χ3n) is 9.91. The SMILES string of the molecule is CC(C)=C[C@H]1C[C@]2(C)[C@H](CC[C@@]3(C)[C@H]2CC[C@H]2CC(=O)c4ccccc4NC(=O)[C@@]23C)O1. The van der Waals surface area contributed by atoms with Crippen molar-refractivity contribution in [1.29, 1.82) is 0 Å². The largest absolute Gasteiger partial charge is 0.370 e. The van der Waals surface area contributed by atoms with Crippen molar-refractivity contribution in [2.24, 2.45) is 28.1 Å². The second kappa shape index (κ2) is 7.28. The molecule has 0 aromatic heterocycles. The molecule has 4 heteroatoms. The first kappa shape index (κ1) is 21.9. The number of fused-ring (bicyclic) bond motifs is 6. The standard InChI is InChI=1S/C28H37NO3/c1-17(2)14-19-16-26(3)23-11-10-18-15-22(30)20-8-6-7-9-21(20)29-25(31)28(18,5)27(23,4)13-12-24(26)32-19/h6-9,14,18-19,23-24H,10-13,15-16H2,1-5H3,(H,29,31)/t18-,19-,23-,24-,26-,27-,28+/m0/s1. The number of amides is 1. The maximum absolute atomic E-state index is 14.0. The van der Waals surface area contributed by atoms with Crippen LogP contribution >= 0.6 is 0 Å². The van der Waals surface area contributed by atoms with Gasteiger partial charge in [0, 0.05) is 12.0 Å². The van der Waals surface area contributed by atoms with Gasteiger partial charge in [-0.3, -0.25) is 9.59 Å². The number of anilines is 1. The molecular weight excluding hydrogens is 398 g/mol. The molecule has 1 amide bonds. The number of benzene rings is 1. The molecule has 4 aliphatic rings. The highest BCUT2D eigenvalue weighted by molar-refractivity contribution is 6.08. The Morgan fingerprint density at radius 3 is 2.59 bits per heavy atom. The number of para-hydroxylation sites is 1. The number of rotatable bonds is 1. The van der Waals surface area contributed by atoms with Gasteiger partial charge in [-0.15, -0.1) is 0 Å². The second-order valence-electron chi connectivity index (χ2n) is 11.7. The van der Waals surface area contributed by atoms with Crippen LogP contribution in [0.15, 0.2) is 35.9 Å². The van der Waals surface area contributed by atoms with E-state index in [1.165, 1.54) is 5.57 Å². The fourth-order valence-electron chi connectivity index (χ4n) is 8.11. The van der Waals surface area contributed by atoms with Crippen molar-refractivity contribution < 1.29 is 14.3 Å². The predicted octanol–water partition coefficient (Wildman–Crippen LogP) is 6.17. The molecule has 2 saturated carbocycles. The molecule has 2 aliphatic carbocycles. The fourth-order valence-corrected chi connectivity index (χ4v) is 8.11. The molecule has 5 rings (SSSR count). The highest BCUT2D eigenvalue weighted by atomic mass is 16.5. The summed E-state index contributed by atoms with van der Waals surface area (Å²) < 4.78 is 6.55. The van der Waals surface area contributed by atoms with Gasteiger partial charge in [0.05, 0.1) is 23.3 Å².